The topological polar surface area (TPSA) is 84.6 Å². The summed E-state index contributed by atoms with van der Waals surface area (Å²) in [6, 6.07) is 16.9. The van der Waals surface area contributed by atoms with Crippen LogP contribution in [-0.2, 0) is 9.53 Å². The van der Waals surface area contributed by atoms with Gasteiger partial charge in [-0.05, 0) is 18.1 Å². The van der Waals surface area contributed by atoms with Crippen molar-refractivity contribution in [1.29, 1.82) is 0 Å². The zero-order chi connectivity index (χ0) is 17.4. The highest BCUT2D eigenvalue weighted by Crippen LogP contribution is 2.16. The molecular formula is C19H24N2O3. The summed E-state index contributed by atoms with van der Waals surface area (Å²) in [6.45, 7) is 3.24. The van der Waals surface area contributed by atoms with Crippen molar-refractivity contribution < 1.29 is 14.6 Å². The minimum Gasteiger partial charge on any atom is -0.387 e. The quantitative estimate of drug-likeness (QED) is 0.614. The van der Waals surface area contributed by atoms with Gasteiger partial charge in [0.25, 0.3) is 5.91 Å². The highest BCUT2D eigenvalue weighted by Gasteiger charge is 2.17. The lowest BCUT2D eigenvalue weighted by Gasteiger charge is -2.16. The van der Waals surface area contributed by atoms with E-state index >= 15 is 0 Å². The summed E-state index contributed by atoms with van der Waals surface area (Å²) in [7, 11) is 0. The van der Waals surface area contributed by atoms with Crippen LogP contribution in [0.3, 0.4) is 0 Å². The lowest BCUT2D eigenvalue weighted by Crippen LogP contribution is -2.29. The van der Waals surface area contributed by atoms with Crippen LogP contribution in [-0.4, -0.2) is 30.7 Å². The Morgan fingerprint density at radius 1 is 1.17 bits per heavy atom. The summed E-state index contributed by atoms with van der Waals surface area (Å²) in [5, 5.41) is 13.3. The third-order valence-electron chi connectivity index (χ3n) is 3.69. The molecule has 1 amide bonds. The van der Waals surface area contributed by atoms with Crippen LogP contribution in [0.25, 0.3) is 0 Å². The van der Waals surface area contributed by atoms with E-state index in [4.69, 9.17) is 10.5 Å². The minimum atomic E-state index is -0.755. The molecule has 2 rings (SSSR count). The number of nitrogens with one attached hydrogen (secondary N) is 1. The summed E-state index contributed by atoms with van der Waals surface area (Å²) >= 11 is 0. The normalized spacial score (nSPS) is 13.4. The second kappa shape index (κ2) is 9.17. The van der Waals surface area contributed by atoms with Gasteiger partial charge in [-0.1, -0.05) is 60.2 Å². The molecule has 5 nitrogen and oxygen atoms in total. The highest BCUT2D eigenvalue weighted by atomic mass is 16.5. The number of hydrogen-bond donors (Lipinski definition) is 3. The first-order valence-electron chi connectivity index (χ1n) is 7.99. The zero-order valence-corrected chi connectivity index (χ0v) is 13.8. The second-order valence-corrected chi connectivity index (χ2v) is 5.70. The number of nitrogens with two attached hydrogens (primary N) is 1. The number of aliphatic hydroxyl groups is 1. The lowest BCUT2D eigenvalue weighted by atomic mass is 10.1. The van der Waals surface area contributed by atoms with Crippen LogP contribution in [0.4, 0.5) is 0 Å². The van der Waals surface area contributed by atoms with Crippen LogP contribution in [0.2, 0.25) is 0 Å². The van der Waals surface area contributed by atoms with Crippen molar-refractivity contribution in [3.63, 3.8) is 0 Å². The zero-order valence-electron chi connectivity index (χ0n) is 13.8. The molecule has 128 valence electrons. The monoisotopic (exact) mass is 328 g/mol. The summed E-state index contributed by atoms with van der Waals surface area (Å²) < 4.78 is 5.58. The molecule has 0 aromatic heterocycles. The van der Waals surface area contributed by atoms with E-state index in [1.54, 1.807) is 0 Å². The average Bonchev–Trinajstić information content (AvgIpc) is 2.58. The molecule has 0 saturated carbocycles. The first kappa shape index (κ1) is 18.1. The second-order valence-electron chi connectivity index (χ2n) is 5.70. The van der Waals surface area contributed by atoms with Gasteiger partial charge in [0.15, 0.2) is 6.10 Å². The Bertz CT molecular complexity index is 646. The van der Waals surface area contributed by atoms with Crippen molar-refractivity contribution in [2.45, 2.75) is 19.1 Å². The van der Waals surface area contributed by atoms with Gasteiger partial charge in [0, 0.05) is 13.1 Å². The molecule has 5 heteroatoms. The molecule has 0 radical (unpaired) electrons. The van der Waals surface area contributed by atoms with Gasteiger partial charge < -0.3 is 20.9 Å². The maximum atomic E-state index is 11.5. The molecule has 0 aliphatic heterocycles. The van der Waals surface area contributed by atoms with E-state index in [2.05, 4.69) is 5.32 Å². The van der Waals surface area contributed by atoms with Crippen LogP contribution in [0, 0.1) is 6.92 Å². The Labute approximate surface area is 142 Å². The number of rotatable bonds is 9. The van der Waals surface area contributed by atoms with Crippen LogP contribution in [0.15, 0.2) is 54.6 Å². The summed E-state index contributed by atoms with van der Waals surface area (Å²) in [6.07, 6.45) is -1.33. The highest BCUT2D eigenvalue weighted by molar-refractivity contribution is 5.80. The lowest BCUT2D eigenvalue weighted by molar-refractivity contribution is -0.129. The van der Waals surface area contributed by atoms with Crippen LogP contribution < -0.4 is 11.1 Å². The van der Waals surface area contributed by atoms with Gasteiger partial charge >= 0.3 is 0 Å². The van der Waals surface area contributed by atoms with E-state index in [0.29, 0.717) is 19.7 Å². The molecule has 0 aliphatic carbocycles. The third-order valence-corrected chi connectivity index (χ3v) is 3.69. The number of carbonyl (C=O) groups is 1. The Kier molecular flexibility index (Phi) is 6.93. The molecule has 0 bridgehead atoms. The predicted octanol–water partition coefficient (Wildman–Crippen LogP) is 1.86. The Balaban J connectivity index is 1.74. The number of benzene rings is 2. The van der Waals surface area contributed by atoms with Crippen LogP contribution in [0.1, 0.15) is 28.9 Å². The minimum absolute atomic E-state index is 0.322. The molecule has 2 aromatic carbocycles. The van der Waals surface area contributed by atoms with Crippen molar-refractivity contribution >= 4 is 5.91 Å². The number of ether oxygens (including phenoxy) is 1. The van der Waals surface area contributed by atoms with Crippen molar-refractivity contribution in [3.8, 4) is 0 Å². The molecule has 2 aromatic rings. The van der Waals surface area contributed by atoms with E-state index in [0.717, 1.165) is 16.7 Å². The van der Waals surface area contributed by atoms with Crippen molar-refractivity contribution in [3.05, 3.63) is 71.3 Å². The van der Waals surface area contributed by atoms with E-state index in [-0.39, 0.29) is 0 Å². The van der Waals surface area contributed by atoms with Crippen molar-refractivity contribution in [2.75, 3.05) is 19.7 Å². The van der Waals surface area contributed by atoms with Gasteiger partial charge in [-0.2, -0.15) is 0 Å². The van der Waals surface area contributed by atoms with Gasteiger partial charge in [0.1, 0.15) is 0 Å². The summed E-state index contributed by atoms with van der Waals surface area (Å²) in [5.41, 5.74) is 8.13. The smallest absolute Gasteiger partial charge is 0.251 e. The summed E-state index contributed by atoms with van der Waals surface area (Å²) in [5.74, 6) is -0.513. The average molecular weight is 328 g/mol. The van der Waals surface area contributed by atoms with E-state index in [1.165, 1.54) is 0 Å². The van der Waals surface area contributed by atoms with E-state index in [9.17, 15) is 9.90 Å². The van der Waals surface area contributed by atoms with Crippen molar-refractivity contribution in [1.82, 2.24) is 5.32 Å². The van der Waals surface area contributed by atoms with Crippen LogP contribution in [0.5, 0.6) is 0 Å². The van der Waals surface area contributed by atoms with Gasteiger partial charge in [0.2, 0.25) is 0 Å². The molecule has 0 spiro atoms. The molecule has 4 N–H and O–H groups in total. The molecule has 2 unspecified atom stereocenters. The van der Waals surface area contributed by atoms with Crippen LogP contribution >= 0.6 is 0 Å². The van der Waals surface area contributed by atoms with Crippen molar-refractivity contribution in [2.24, 2.45) is 5.73 Å². The number of aryl methyl sites for hydroxylation is 1. The Hall–Kier alpha value is -2.21. The maximum absolute atomic E-state index is 11.5. The van der Waals surface area contributed by atoms with Gasteiger partial charge in [-0.3, -0.25) is 4.79 Å². The largest absolute Gasteiger partial charge is 0.387 e. The number of carbonyl (C=O) groups excluding carboxylic acids is 1. The fourth-order valence-electron chi connectivity index (χ4n) is 2.45. The molecule has 0 heterocycles. The molecule has 2 atom stereocenters. The Morgan fingerprint density at radius 2 is 1.88 bits per heavy atom. The SMILES string of the molecule is Cc1cccc(C(O)CNCCOC(C(N)=O)c2ccccc2)c1. The van der Waals surface area contributed by atoms with E-state index < -0.39 is 18.1 Å². The Morgan fingerprint density at radius 3 is 2.54 bits per heavy atom. The molecule has 0 fully saturated rings. The number of hydrogen-bond acceptors (Lipinski definition) is 4. The standard InChI is InChI=1S/C19H24N2O3/c1-14-6-5-9-16(12-14)17(22)13-21-10-11-24-18(19(20)23)15-7-3-2-4-8-15/h2-9,12,17-18,21-22H,10-11,13H2,1H3,(H2,20,23). The fourth-order valence-corrected chi connectivity index (χ4v) is 2.45. The number of aliphatic hydroxyl groups excluding tert-OH is 1. The van der Waals surface area contributed by atoms with Gasteiger partial charge in [0.05, 0.1) is 12.7 Å². The number of amides is 1. The molecule has 24 heavy (non-hydrogen) atoms. The molecular weight excluding hydrogens is 304 g/mol. The molecule has 0 saturated heterocycles. The van der Waals surface area contributed by atoms with E-state index in [1.807, 2.05) is 61.5 Å². The first-order chi connectivity index (χ1) is 11.6. The first-order valence-corrected chi connectivity index (χ1v) is 7.99. The van der Waals surface area contributed by atoms with Gasteiger partial charge in [-0.25, -0.2) is 0 Å². The molecule has 0 aliphatic rings. The summed E-state index contributed by atoms with van der Waals surface area (Å²) in [4.78, 5) is 11.5. The predicted molar refractivity (Wildman–Crippen MR) is 93.3 cm³/mol. The maximum Gasteiger partial charge on any atom is 0.251 e. The fraction of sp³-hybridized carbons (Fsp3) is 0.316. The number of primary amides is 1. The third kappa shape index (κ3) is 5.45. The van der Waals surface area contributed by atoms with Gasteiger partial charge in [-0.15, -0.1) is 0 Å².